The molecule has 5 rings (SSSR count). The largest absolute Gasteiger partial charge is 0.454 e. The van der Waals surface area contributed by atoms with Crippen LogP contribution in [-0.2, 0) is 6.54 Å². The third kappa shape index (κ3) is 3.61. The van der Waals surface area contributed by atoms with Crippen LogP contribution in [0.15, 0.2) is 55.0 Å². The quantitative estimate of drug-likeness (QED) is 0.624. The summed E-state index contributed by atoms with van der Waals surface area (Å²) in [7, 11) is 0. The van der Waals surface area contributed by atoms with Crippen LogP contribution < -0.4 is 9.47 Å². The number of nitrogens with zero attached hydrogens (tertiary/aromatic N) is 4. The summed E-state index contributed by atoms with van der Waals surface area (Å²) >= 11 is 0. The van der Waals surface area contributed by atoms with Crippen LogP contribution in [0.2, 0.25) is 0 Å². The number of rotatable bonds is 5. The normalized spacial score (nSPS) is 18.7. The summed E-state index contributed by atoms with van der Waals surface area (Å²) in [6.07, 6.45) is 7.38. The van der Waals surface area contributed by atoms with Crippen LogP contribution in [0.5, 0.6) is 11.5 Å². The molecule has 1 saturated heterocycles. The third-order valence-electron chi connectivity index (χ3n) is 5.52. The van der Waals surface area contributed by atoms with Crippen LogP contribution in [0, 0.1) is 5.92 Å². The summed E-state index contributed by atoms with van der Waals surface area (Å²) in [6.45, 7) is 2.70. The number of ketones is 1. The van der Waals surface area contributed by atoms with Crippen molar-refractivity contribution in [2.45, 2.75) is 19.4 Å². The number of carbonyl (C=O) groups is 1. The zero-order chi connectivity index (χ0) is 19.6. The van der Waals surface area contributed by atoms with Gasteiger partial charge >= 0.3 is 0 Å². The fraction of sp³-hybridized carbons (Fsp3) is 0.318. The lowest BCUT2D eigenvalue weighted by atomic mass is 9.90. The second kappa shape index (κ2) is 7.67. The Kier molecular flexibility index (Phi) is 4.73. The molecule has 0 bridgehead atoms. The molecule has 0 N–H and O–H groups in total. The third-order valence-corrected chi connectivity index (χ3v) is 5.52. The Bertz CT molecular complexity index is 1020. The summed E-state index contributed by atoms with van der Waals surface area (Å²) in [6, 6.07) is 11.4. The molecule has 2 aromatic heterocycles. The summed E-state index contributed by atoms with van der Waals surface area (Å²) < 4.78 is 12.8. The number of aromatic nitrogens is 3. The van der Waals surface area contributed by atoms with E-state index in [0.717, 1.165) is 38.2 Å². The molecule has 7 nitrogen and oxygen atoms in total. The molecular weight excluding hydrogens is 368 g/mol. The molecular formula is C22H22N4O3. The van der Waals surface area contributed by atoms with Crippen LogP contribution in [-0.4, -0.2) is 45.1 Å². The van der Waals surface area contributed by atoms with Gasteiger partial charge in [0.2, 0.25) is 12.7 Å². The fourth-order valence-electron chi connectivity index (χ4n) is 4.08. The number of ether oxygens (including phenoxy) is 2. The highest BCUT2D eigenvalue weighted by Crippen LogP contribution is 2.34. The molecule has 2 aliphatic rings. The van der Waals surface area contributed by atoms with Crippen LogP contribution in [0.3, 0.4) is 0 Å². The van der Waals surface area contributed by atoms with Crippen molar-refractivity contribution in [3.63, 3.8) is 0 Å². The molecule has 7 heteroatoms. The molecule has 1 unspecified atom stereocenters. The van der Waals surface area contributed by atoms with E-state index >= 15 is 0 Å². The highest BCUT2D eigenvalue weighted by Gasteiger charge is 2.28. The van der Waals surface area contributed by atoms with E-state index in [2.05, 4.69) is 20.9 Å². The Morgan fingerprint density at radius 1 is 1.10 bits per heavy atom. The van der Waals surface area contributed by atoms with Crippen LogP contribution in [0.25, 0.3) is 5.95 Å². The Labute approximate surface area is 168 Å². The van der Waals surface area contributed by atoms with Crippen molar-refractivity contribution in [1.82, 2.24) is 19.4 Å². The van der Waals surface area contributed by atoms with Gasteiger partial charge in [0, 0.05) is 48.9 Å². The van der Waals surface area contributed by atoms with Crippen molar-refractivity contribution in [2.24, 2.45) is 5.92 Å². The molecule has 29 heavy (non-hydrogen) atoms. The molecule has 0 amide bonds. The van der Waals surface area contributed by atoms with E-state index in [1.54, 1.807) is 12.4 Å². The first-order valence-electron chi connectivity index (χ1n) is 9.88. The second-order valence-electron chi connectivity index (χ2n) is 7.42. The topological polar surface area (TPSA) is 69.5 Å². The van der Waals surface area contributed by atoms with E-state index in [9.17, 15) is 4.79 Å². The van der Waals surface area contributed by atoms with E-state index in [1.165, 1.54) is 0 Å². The Hall–Kier alpha value is -3.19. The van der Waals surface area contributed by atoms with Gasteiger partial charge in [-0.15, -0.1) is 0 Å². The maximum absolute atomic E-state index is 13.1. The van der Waals surface area contributed by atoms with Crippen molar-refractivity contribution in [2.75, 3.05) is 19.9 Å². The maximum Gasteiger partial charge on any atom is 0.233 e. The molecule has 148 valence electrons. The number of likely N-dealkylation sites (tertiary alicyclic amines) is 1. The van der Waals surface area contributed by atoms with Crippen LogP contribution in [0.1, 0.15) is 28.9 Å². The van der Waals surface area contributed by atoms with E-state index < -0.39 is 0 Å². The lowest BCUT2D eigenvalue weighted by Gasteiger charge is -2.32. The molecule has 0 saturated carbocycles. The minimum Gasteiger partial charge on any atom is -0.454 e. The standard InChI is InChI=1S/C22H22N4O3/c27-21(16-6-7-19-20(12-16)29-15-28-19)17-4-1-10-25(13-17)14-18-5-2-11-26(18)22-23-8-3-9-24-22/h2-3,5-9,11-12,17H,1,4,10,13-15H2. The molecule has 1 fully saturated rings. The van der Waals surface area contributed by atoms with E-state index in [1.807, 2.05) is 41.1 Å². The Balaban J connectivity index is 1.29. The number of benzene rings is 1. The summed E-state index contributed by atoms with van der Waals surface area (Å²) in [5.74, 6) is 2.19. The van der Waals surface area contributed by atoms with Gasteiger partial charge < -0.3 is 9.47 Å². The van der Waals surface area contributed by atoms with Crippen molar-refractivity contribution >= 4 is 5.78 Å². The smallest absolute Gasteiger partial charge is 0.233 e. The maximum atomic E-state index is 13.1. The van der Waals surface area contributed by atoms with Crippen molar-refractivity contribution in [1.29, 1.82) is 0 Å². The molecule has 4 heterocycles. The summed E-state index contributed by atoms with van der Waals surface area (Å²) in [4.78, 5) is 24.1. The van der Waals surface area contributed by atoms with Crippen LogP contribution >= 0.6 is 0 Å². The summed E-state index contributed by atoms with van der Waals surface area (Å²) in [5.41, 5.74) is 1.81. The monoisotopic (exact) mass is 390 g/mol. The first-order chi connectivity index (χ1) is 14.3. The molecule has 1 aromatic carbocycles. The number of piperidine rings is 1. The lowest BCUT2D eigenvalue weighted by molar-refractivity contribution is 0.0809. The molecule has 1 atom stereocenters. The van der Waals surface area contributed by atoms with Gasteiger partial charge in [0.05, 0.1) is 0 Å². The molecule has 0 aliphatic carbocycles. The van der Waals surface area contributed by atoms with Gasteiger partial charge in [-0.05, 0) is 55.8 Å². The van der Waals surface area contributed by atoms with Gasteiger partial charge in [-0.2, -0.15) is 0 Å². The van der Waals surface area contributed by atoms with E-state index in [4.69, 9.17) is 9.47 Å². The molecule has 3 aromatic rings. The zero-order valence-corrected chi connectivity index (χ0v) is 16.0. The number of carbonyl (C=O) groups excluding carboxylic acids is 1. The average molecular weight is 390 g/mol. The van der Waals surface area contributed by atoms with Crippen LogP contribution in [0.4, 0.5) is 0 Å². The van der Waals surface area contributed by atoms with Gasteiger partial charge in [0.15, 0.2) is 17.3 Å². The first-order valence-corrected chi connectivity index (χ1v) is 9.88. The minimum atomic E-state index is -0.0134. The fourth-order valence-corrected chi connectivity index (χ4v) is 4.08. The van der Waals surface area contributed by atoms with Gasteiger partial charge in [-0.1, -0.05) is 0 Å². The number of hydrogen-bond acceptors (Lipinski definition) is 6. The molecule has 0 radical (unpaired) electrons. The van der Waals surface area contributed by atoms with Gasteiger partial charge in [0.1, 0.15) is 0 Å². The minimum absolute atomic E-state index is 0.0134. The van der Waals surface area contributed by atoms with E-state index in [-0.39, 0.29) is 18.5 Å². The predicted octanol–water partition coefficient (Wildman–Crippen LogP) is 3.09. The second-order valence-corrected chi connectivity index (χ2v) is 7.42. The molecule has 2 aliphatic heterocycles. The number of Topliss-reactive ketones (excluding diaryl/α,β-unsaturated/α-hetero) is 1. The van der Waals surface area contributed by atoms with Gasteiger partial charge in [0.25, 0.3) is 0 Å². The highest BCUT2D eigenvalue weighted by atomic mass is 16.7. The number of fused-ring (bicyclic) bond motifs is 1. The first kappa shape index (κ1) is 17.9. The van der Waals surface area contributed by atoms with E-state index in [0.29, 0.717) is 23.0 Å². The summed E-state index contributed by atoms with van der Waals surface area (Å²) in [5, 5.41) is 0. The van der Waals surface area contributed by atoms with Gasteiger partial charge in [-0.25, -0.2) is 9.97 Å². The Morgan fingerprint density at radius 3 is 2.86 bits per heavy atom. The predicted molar refractivity (Wildman–Crippen MR) is 106 cm³/mol. The SMILES string of the molecule is O=C(c1ccc2c(c1)OCO2)C1CCCN(Cc2cccn2-c2ncccn2)C1. The van der Waals surface area contributed by atoms with Crippen molar-refractivity contribution in [3.8, 4) is 17.4 Å². The van der Waals surface area contributed by atoms with Crippen molar-refractivity contribution < 1.29 is 14.3 Å². The average Bonchev–Trinajstić information content (AvgIpc) is 3.43. The lowest BCUT2D eigenvalue weighted by Crippen LogP contribution is -2.38. The molecule has 0 spiro atoms. The zero-order valence-electron chi connectivity index (χ0n) is 16.0. The number of hydrogen-bond donors (Lipinski definition) is 0. The van der Waals surface area contributed by atoms with Gasteiger partial charge in [-0.3, -0.25) is 14.3 Å². The van der Waals surface area contributed by atoms with Crippen molar-refractivity contribution in [3.05, 3.63) is 66.2 Å². The Morgan fingerprint density at radius 2 is 1.97 bits per heavy atom. The highest BCUT2D eigenvalue weighted by molar-refractivity contribution is 5.98.